The van der Waals surface area contributed by atoms with E-state index in [-0.39, 0.29) is 10.8 Å². The maximum absolute atomic E-state index is 12.8. The highest BCUT2D eigenvalue weighted by Crippen LogP contribution is 2.28. The highest BCUT2D eigenvalue weighted by atomic mass is 32.2. The molecular weight excluding hydrogens is 320 g/mol. The van der Waals surface area contributed by atoms with Crippen molar-refractivity contribution in [3.05, 3.63) is 40.3 Å². The predicted molar refractivity (Wildman–Crippen MR) is 88.1 cm³/mol. The molecule has 1 aromatic heterocycles. The van der Waals surface area contributed by atoms with Crippen LogP contribution in [0.15, 0.2) is 34.7 Å². The number of thiazole rings is 1. The average Bonchev–Trinajstić information content (AvgIpc) is 3.01. The van der Waals surface area contributed by atoms with E-state index in [2.05, 4.69) is 4.98 Å². The van der Waals surface area contributed by atoms with Crippen molar-refractivity contribution in [3.63, 3.8) is 0 Å². The highest BCUT2D eigenvalue weighted by Gasteiger charge is 2.26. The Bertz CT molecular complexity index is 727. The zero-order chi connectivity index (χ0) is 16.3. The Morgan fingerprint density at radius 3 is 2.73 bits per heavy atom. The van der Waals surface area contributed by atoms with Crippen LogP contribution in [0.5, 0.6) is 5.75 Å². The van der Waals surface area contributed by atoms with E-state index in [4.69, 9.17) is 4.74 Å². The van der Waals surface area contributed by atoms with Gasteiger partial charge in [0.05, 0.1) is 12.1 Å². The van der Waals surface area contributed by atoms with Crippen LogP contribution >= 0.6 is 11.3 Å². The number of ether oxygens (including phenoxy) is 1. The summed E-state index contributed by atoms with van der Waals surface area (Å²) in [5.74, 6) is 0.398. The molecule has 0 aliphatic carbocycles. The quantitative estimate of drug-likeness (QED) is 0.811. The molecule has 2 rings (SSSR count). The molecule has 0 bridgehead atoms. The molecule has 0 aliphatic rings. The van der Waals surface area contributed by atoms with E-state index in [0.29, 0.717) is 12.3 Å². The van der Waals surface area contributed by atoms with Crippen molar-refractivity contribution in [1.82, 2.24) is 9.29 Å². The van der Waals surface area contributed by atoms with Crippen LogP contribution in [0.3, 0.4) is 0 Å². The monoisotopic (exact) mass is 340 g/mol. The van der Waals surface area contributed by atoms with Gasteiger partial charge in [0.2, 0.25) is 10.0 Å². The van der Waals surface area contributed by atoms with Gasteiger partial charge in [-0.25, -0.2) is 17.7 Å². The lowest BCUT2D eigenvalue weighted by Gasteiger charge is -2.21. The van der Waals surface area contributed by atoms with Crippen LogP contribution in [0.4, 0.5) is 0 Å². The van der Waals surface area contributed by atoms with Gasteiger partial charge in [-0.3, -0.25) is 0 Å². The molecule has 5 nitrogen and oxygen atoms in total. The van der Waals surface area contributed by atoms with Crippen molar-refractivity contribution < 1.29 is 13.2 Å². The summed E-state index contributed by atoms with van der Waals surface area (Å²) in [4.78, 5) is 4.44. The number of nitrogens with zero attached hydrogens (tertiary/aromatic N) is 2. The Morgan fingerprint density at radius 2 is 2.14 bits per heavy atom. The van der Waals surface area contributed by atoms with Crippen LogP contribution in [0.1, 0.15) is 23.4 Å². The van der Waals surface area contributed by atoms with Gasteiger partial charge in [-0.2, -0.15) is 0 Å². The number of aromatic nitrogens is 1. The van der Waals surface area contributed by atoms with Crippen LogP contribution in [0.25, 0.3) is 0 Å². The first-order chi connectivity index (χ1) is 10.4. The van der Waals surface area contributed by atoms with Gasteiger partial charge in [0.25, 0.3) is 0 Å². The number of likely N-dealkylation sites (N-methyl/N-ethyl adjacent to an activating group) is 1. The lowest BCUT2D eigenvalue weighted by molar-refractivity contribution is 0.396. The van der Waals surface area contributed by atoms with E-state index in [1.54, 1.807) is 25.4 Å². The van der Waals surface area contributed by atoms with Gasteiger partial charge < -0.3 is 4.74 Å². The maximum Gasteiger partial charge on any atom is 0.246 e. The summed E-state index contributed by atoms with van der Waals surface area (Å²) in [6.07, 6.45) is 1.73. The summed E-state index contributed by atoms with van der Waals surface area (Å²) in [5, 5.41) is 2.82. The Labute approximate surface area is 135 Å². The summed E-state index contributed by atoms with van der Waals surface area (Å²) in [6, 6.07) is 5.15. The first-order valence-corrected chi connectivity index (χ1v) is 9.18. The molecule has 1 aromatic carbocycles. The molecule has 1 atom stereocenters. The largest absolute Gasteiger partial charge is 0.495 e. The van der Waals surface area contributed by atoms with E-state index < -0.39 is 10.0 Å². The minimum absolute atomic E-state index is 0.0376. The minimum Gasteiger partial charge on any atom is -0.495 e. The van der Waals surface area contributed by atoms with Crippen molar-refractivity contribution in [2.24, 2.45) is 0 Å². The van der Waals surface area contributed by atoms with E-state index in [1.807, 2.05) is 25.3 Å². The van der Waals surface area contributed by atoms with Crippen LogP contribution < -0.4 is 4.74 Å². The van der Waals surface area contributed by atoms with Crippen molar-refractivity contribution in [1.29, 1.82) is 0 Å². The second-order valence-corrected chi connectivity index (χ2v) is 8.15. The molecule has 0 radical (unpaired) electrons. The molecule has 1 heterocycles. The van der Waals surface area contributed by atoms with Crippen molar-refractivity contribution >= 4 is 21.4 Å². The smallest absolute Gasteiger partial charge is 0.246 e. The molecular formula is C15H20N2O3S2. The highest BCUT2D eigenvalue weighted by molar-refractivity contribution is 7.89. The summed E-state index contributed by atoms with van der Waals surface area (Å²) >= 11 is 1.53. The standard InChI is InChI=1S/C15H20N2O3S2/c1-11-5-6-13(20-4)14(9-11)22(18,19)17(3)10-12(2)15-16-7-8-21-15/h5-9,12H,10H2,1-4H3/t12-/m1/s1. The van der Waals surface area contributed by atoms with E-state index >= 15 is 0 Å². The van der Waals surface area contributed by atoms with Gasteiger partial charge in [0.1, 0.15) is 10.6 Å². The number of rotatable bonds is 6. The van der Waals surface area contributed by atoms with Gasteiger partial charge in [-0.05, 0) is 24.6 Å². The number of aryl methyl sites for hydroxylation is 1. The normalized spacial score (nSPS) is 13.3. The first kappa shape index (κ1) is 16.9. The Kier molecular flexibility index (Phi) is 5.20. The minimum atomic E-state index is -3.61. The molecule has 22 heavy (non-hydrogen) atoms. The van der Waals surface area contributed by atoms with Gasteiger partial charge in [0, 0.05) is 31.1 Å². The lowest BCUT2D eigenvalue weighted by atomic mass is 10.2. The molecule has 2 aromatic rings. The van der Waals surface area contributed by atoms with Gasteiger partial charge in [0.15, 0.2) is 0 Å². The van der Waals surface area contributed by atoms with Crippen LogP contribution in [-0.2, 0) is 10.0 Å². The Morgan fingerprint density at radius 1 is 1.41 bits per heavy atom. The van der Waals surface area contributed by atoms with Gasteiger partial charge in [-0.1, -0.05) is 13.0 Å². The average molecular weight is 340 g/mol. The SMILES string of the molecule is COc1ccc(C)cc1S(=O)(=O)N(C)C[C@@H](C)c1nccs1. The zero-order valence-electron chi connectivity index (χ0n) is 13.1. The second kappa shape index (κ2) is 6.76. The number of sulfonamides is 1. The van der Waals surface area contributed by atoms with Crippen LogP contribution in [0.2, 0.25) is 0 Å². The molecule has 7 heteroatoms. The summed E-state index contributed by atoms with van der Waals surface area (Å²) < 4.78 is 32.2. The summed E-state index contributed by atoms with van der Waals surface area (Å²) in [6.45, 7) is 4.20. The Balaban J connectivity index is 2.28. The van der Waals surface area contributed by atoms with Gasteiger partial charge in [-0.15, -0.1) is 11.3 Å². The predicted octanol–water partition coefficient (Wildman–Crippen LogP) is 2.88. The van der Waals surface area contributed by atoms with Crippen LogP contribution in [-0.4, -0.2) is 38.4 Å². The molecule has 0 saturated heterocycles. The van der Waals surface area contributed by atoms with E-state index in [0.717, 1.165) is 10.6 Å². The Hall–Kier alpha value is -1.44. The number of hydrogen-bond donors (Lipinski definition) is 0. The second-order valence-electron chi connectivity index (χ2n) is 5.21. The summed E-state index contributed by atoms with van der Waals surface area (Å²) in [5.41, 5.74) is 0.876. The van der Waals surface area contributed by atoms with Crippen molar-refractivity contribution in [3.8, 4) is 5.75 Å². The number of methoxy groups -OCH3 is 1. The zero-order valence-corrected chi connectivity index (χ0v) is 14.7. The molecule has 0 aliphatic heterocycles. The van der Waals surface area contributed by atoms with Crippen molar-refractivity contribution in [2.75, 3.05) is 20.7 Å². The number of hydrogen-bond acceptors (Lipinski definition) is 5. The molecule has 0 amide bonds. The fourth-order valence-corrected chi connectivity index (χ4v) is 4.38. The number of benzene rings is 1. The van der Waals surface area contributed by atoms with E-state index in [9.17, 15) is 8.42 Å². The van der Waals surface area contributed by atoms with Crippen molar-refractivity contribution in [2.45, 2.75) is 24.7 Å². The molecule has 0 spiro atoms. The molecule has 120 valence electrons. The molecule has 0 fully saturated rings. The maximum atomic E-state index is 12.8. The first-order valence-electron chi connectivity index (χ1n) is 6.86. The summed E-state index contributed by atoms with van der Waals surface area (Å²) in [7, 11) is -0.547. The fourth-order valence-electron chi connectivity index (χ4n) is 2.19. The molecule has 0 N–H and O–H groups in total. The van der Waals surface area contributed by atoms with E-state index in [1.165, 1.54) is 22.8 Å². The topological polar surface area (TPSA) is 59.5 Å². The lowest BCUT2D eigenvalue weighted by Crippen LogP contribution is -2.30. The molecule has 0 unspecified atom stereocenters. The molecule has 0 saturated carbocycles. The third-order valence-corrected chi connectivity index (χ3v) is 6.26. The third kappa shape index (κ3) is 3.48. The fraction of sp³-hybridized carbons (Fsp3) is 0.400. The van der Waals surface area contributed by atoms with Gasteiger partial charge >= 0.3 is 0 Å². The van der Waals surface area contributed by atoms with Crippen LogP contribution in [0, 0.1) is 6.92 Å². The third-order valence-electron chi connectivity index (χ3n) is 3.41.